The van der Waals surface area contributed by atoms with Crippen LogP contribution in [0.3, 0.4) is 0 Å². The van der Waals surface area contributed by atoms with E-state index in [-0.39, 0.29) is 12.5 Å². The molecule has 1 saturated heterocycles. The fourth-order valence-electron chi connectivity index (χ4n) is 1.93. The number of carboxylic acid groups (broad SMARTS) is 1. The molecular weight excluding hydrogens is 224 g/mol. The first-order valence-electron chi connectivity index (χ1n) is 5.71. The predicted octanol–water partition coefficient (Wildman–Crippen LogP) is -0.361. The Morgan fingerprint density at radius 3 is 2.24 bits per heavy atom. The van der Waals surface area contributed by atoms with Crippen molar-refractivity contribution < 1.29 is 19.4 Å². The lowest BCUT2D eigenvalue weighted by atomic mass is 10.1. The smallest absolute Gasteiger partial charge is 0.329 e. The van der Waals surface area contributed by atoms with E-state index in [0.717, 1.165) is 0 Å². The van der Waals surface area contributed by atoms with Crippen LogP contribution in [0.4, 0.5) is 0 Å². The van der Waals surface area contributed by atoms with E-state index in [9.17, 15) is 9.59 Å². The third-order valence-corrected chi connectivity index (χ3v) is 3.16. The van der Waals surface area contributed by atoms with E-state index in [1.807, 2.05) is 7.05 Å². The molecule has 0 spiro atoms. The third kappa shape index (κ3) is 3.98. The average molecular weight is 244 g/mol. The predicted molar refractivity (Wildman–Crippen MR) is 61.7 cm³/mol. The van der Waals surface area contributed by atoms with Crippen LogP contribution < -0.4 is 0 Å². The van der Waals surface area contributed by atoms with Crippen LogP contribution in [0.25, 0.3) is 0 Å². The van der Waals surface area contributed by atoms with Gasteiger partial charge in [0.05, 0.1) is 0 Å². The number of carbonyl (C=O) groups excluding carboxylic acids is 1. The monoisotopic (exact) mass is 244 g/mol. The summed E-state index contributed by atoms with van der Waals surface area (Å²) >= 11 is 0. The van der Waals surface area contributed by atoms with Crippen LogP contribution in [0.5, 0.6) is 0 Å². The minimum Gasteiger partial charge on any atom is -0.480 e. The molecule has 1 amide bonds. The Hall–Kier alpha value is -1.14. The molecule has 0 saturated carbocycles. The van der Waals surface area contributed by atoms with Gasteiger partial charge >= 0.3 is 5.97 Å². The fourth-order valence-corrected chi connectivity index (χ4v) is 1.93. The SMILES string of the molecule is CC1CN(C(=O)COCC(=O)O)CC(C)N1C. The maximum atomic E-state index is 11.8. The highest BCUT2D eigenvalue weighted by Crippen LogP contribution is 2.13. The summed E-state index contributed by atoms with van der Waals surface area (Å²) in [5, 5.41) is 8.40. The Kier molecular flexibility index (Phi) is 4.89. The van der Waals surface area contributed by atoms with E-state index in [0.29, 0.717) is 25.2 Å². The summed E-state index contributed by atoms with van der Waals surface area (Å²) in [5.41, 5.74) is 0. The lowest BCUT2D eigenvalue weighted by Crippen LogP contribution is -2.57. The minimum absolute atomic E-state index is 0.141. The van der Waals surface area contributed by atoms with E-state index in [1.165, 1.54) is 0 Å². The first-order valence-corrected chi connectivity index (χ1v) is 5.71. The summed E-state index contributed by atoms with van der Waals surface area (Å²) in [6, 6.07) is 0.615. The molecule has 1 heterocycles. The molecule has 0 bridgehead atoms. The summed E-state index contributed by atoms with van der Waals surface area (Å²) in [5.74, 6) is -1.20. The molecule has 0 aromatic rings. The van der Waals surface area contributed by atoms with Gasteiger partial charge in [-0.15, -0.1) is 0 Å². The zero-order chi connectivity index (χ0) is 13.0. The zero-order valence-corrected chi connectivity index (χ0v) is 10.5. The van der Waals surface area contributed by atoms with Gasteiger partial charge in [0.15, 0.2) is 0 Å². The molecule has 6 nitrogen and oxygen atoms in total. The van der Waals surface area contributed by atoms with Crippen molar-refractivity contribution in [2.45, 2.75) is 25.9 Å². The second-order valence-electron chi connectivity index (χ2n) is 4.55. The highest BCUT2D eigenvalue weighted by Gasteiger charge is 2.29. The number of hydrogen-bond donors (Lipinski definition) is 1. The Labute approximate surface area is 101 Å². The molecule has 0 aliphatic carbocycles. The second-order valence-corrected chi connectivity index (χ2v) is 4.55. The van der Waals surface area contributed by atoms with Crippen LogP contribution in [0.15, 0.2) is 0 Å². The number of hydrogen-bond acceptors (Lipinski definition) is 4. The van der Waals surface area contributed by atoms with Gasteiger partial charge in [-0.25, -0.2) is 4.79 Å². The van der Waals surface area contributed by atoms with Crippen LogP contribution in [-0.4, -0.2) is 72.2 Å². The van der Waals surface area contributed by atoms with Crippen molar-refractivity contribution in [3.05, 3.63) is 0 Å². The molecule has 1 aliphatic heterocycles. The Morgan fingerprint density at radius 1 is 1.24 bits per heavy atom. The van der Waals surface area contributed by atoms with Crippen molar-refractivity contribution >= 4 is 11.9 Å². The lowest BCUT2D eigenvalue weighted by molar-refractivity contribution is -0.147. The van der Waals surface area contributed by atoms with Crippen LogP contribution in [-0.2, 0) is 14.3 Å². The standard InChI is InChI=1S/C11H20N2O4/c1-8-4-13(5-9(2)12(8)3)10(14)6-17-7-11(15)16/h8-9H,4-7H2,1-3H3,(H,15,16). The molecule has 1 fully saturated rings. The number of amides is 1. The minimum atomic E-state index is -1.06. The molecule has 2 unspecified atom stereocenters. The van der Waals surface area contributed by atoms with Crippen molar-refractivity contribution in [2.24, 2.45) is 0 Å². The summed E-state index contributed by atoms with van der Waals surface area (Å²) in [6.45, 7) is 4.87. The van der Waals surface area contributed by atoms with Crippen molar-refractivity contribution in [2.75, 3.05) is 33.4 Å². The van der Waals surface area contributed by atoms with Crippen molar-refractivity contribution in [3.63, 3.8) is 0 Å². The average Bonchev–Trinajstić information content (AvgIpc) is 2.24. The van der Waals surface area contributed by atoms with Crippen LogP contribution in [0, 0.1) is 0 Å². The van der Waals surface area contributed by atoms with Gasteiger partial charge in [-0.05, 0) is 20.9 Å². The highest BCUT2D eigenvalue weighted by molar-refractivity contribution is 5.78. The van der Waals surface area contributed by atoms with Gasteiger partial charge < -0.3 is 14.7 Å². The summed E-state index contributed by atoms with van der Waals surface area (Å²) in [6.07, 6.45) is 0. The summed E-state index contributed by atoms with van der Waals surface area (Å²) in [4.78, 5) is 26.0. The number of ether oxygens (including phenoxy) is 1. The number of aliphatic carboxylic acids is 1. The second kappa shape index (κ2) is 5.97. The number of nitrogens with zero attached hydrogens (tertiary/aromatic N) is 2. The lowest BCUT2D eigenvalue weighted by Gasteiger charge is -2.42. The molecule has 1 aliphatic rings. The van der Waals surface area contributed by atoms with Gasteiger partial charge in [0.2, 0.25) is 5.91 Å². The van der Waals surface area contributed by atoms with Crippen LogP contribution >= 0.6 is 0 Å². The summed E-state index contributed by atoms with van der Waals surface area (Å²) < 4.78 is 4.80. The molecule has 2 atom stereocenters. The Morgan fingerprint density at radius 2 is 1.76 bits per heavy atom. The number of carboxylic acids is 1. The first kappa shape index (κ1) is 13.9. The topological polar surface area (TPSA) is 70.1 Å². The largest absolute Gasteiger partial charge is 0.480 e. The molecule has 1 N–H and O–H groups in total. The van der Waals surface area contributed by atoms with E-state index >= 15 is 0 Å². The van der Waals surface area contributed by atoms with Gasteiger partial charge in [0, 0.05) is 25.2 Å². The van der Waals surface area contributed by atoms with E-state index in [2.05, 4.69) is 18.7 Å². The van der Waals surface area contributed by atoms with Gasteiger partial charge in [-0.2, -0.15) is 0 Å². The van der Waals surface area contributed by atoms with Crippen molar-refractivity contribution in [3.8, 4) is 0 Å². The fraction of sp³-hybridized carbons (Fsp3) is 0.818. The highest BCUT2D eigenvalue weighted by atomic mass is 16.5. The van der Waals surface area contributed by atoms with Gasteiger partial charge in [-0.3, -0.25) is 9.69 Å². The third-order valence-electron chi connectivity index (χ3n) is 3.16. The molecule has 0 aromatic heterocycles. The maximum Gasteiger partial charge on any atom is 0.329 e. The van der Waals surface area contributed by atoms with Crippen LogP contribution in [0.2, 0.25) is 0 Å². The summed E-state index contributed by atoms with van der Waals surface area (Å²) in [7, 11) is 2.04. The molecule has 6 heteroatoms. The van der Waals surface area contributed by atoms with Crippen molar-refractivity contribution in [1.82, 2.24) is 9.80 Å². The molecule has 1 rings (SSSR count). The quantitative estimate of drug-likeness (QED) is 0.731. The van der Waals surface area contributed by atoms with Crippen molar-refractivity contribution in [1.29, 1.82) is 0 Å². The number of piperazine rings is 1. The molecule has 0 aromatic carbocycles. The van der Waals surface area contributed by atoms with Gasteiger partial charge in [-0.1, -0.05) is 0 Å². The molecule has 0 radical (unpaired) electrons. The zero-order valence-electron chi connectivity index (χ0n) is 10.5. The van der Waals surface area contributed by atoms with Gasteiger partial charge in [0.1, 0.15) is 13.2 Å². The van der Waals surface area contributed by atoms with Gasteiger partial charge in [0.25, 0.3) is 0 Å². The van der Waals surface area contributed by atoms with E-state index in [1.54, 1.807) is 4.90 Å². The first-order chi connectivity index (χ1) is 7.91. The molecule has 98 valence electrons. The number of rotatable bonds is 4. The maximum absolute atomic E-state index is 11.8. The van der Waals surface area contributed by atoms with E-state index < -0.39 is 12.6 Å². The molecule has 17 heavy (non-hydrogen) atoms. The number of carbonyl (C=O) groups is 2. The molecular formula is C11H20N2O4. The Balaban J connectivity index is 2.39. The van der Waals surface area contributed by atoms with Crippen LogP contribution in [0.1, 0.15) is 13.8 Å². The Bertz CT molecular complexity index is 283. The van der Waals surface area contributed by atoms with E-state index in [4.69, 9.17) is 9.84 Å². The normalized spacial score (nSPS) is 25.9. The number of likely N-dealkylation sites (N-methyl/N-ethyl adjacent to an activating group) is 1.